The number of hydrogen-bond donors (Lipinski definition) is 1. The lowest BCUT2D eigenvalue weighted by Crippen LogP contribution is -2.52. The molecule has 0 unspecified atom stereocenters. The smallest absolute Gasteiger partial charge is 0.245 e. The van der Waals surface area contributed by atoms with Gasteiger partial charge in [0.2, 0.25) is 5.91 Å². The zero-order valence-corrected chi connectivity index (χ0v) is 26.6. The van der Waals surface area contributed by atoms with E-state index in [4.69, 9.17) is 0 Å². The van der Waals surface area contributed by atoms with Gasteiger partial charge in [-0.3, -0.25) is 4.79 Å². The number of thiophene rings is 1. The Morgan fingerprint density at radius 3 is 2.54 bits per heavy atom. The number of nitrogens with zero attached hydrogens (tertiary/aromatic N) is 4. The molecular weight excluding hydrogens is 555 g/mol. The number of likely N-dealkylation sites (tertiary alicyclic amines) is 1. The number of carbonyl (C=O) groups is 1. The topological polar surface area (TPSA) is 95.5 Å². The maximum absolute atomic E-state index is 13.9. The number of carbonyl (C=O) groups excluding carboxylic acids is 1. The molecule has 10 heteroatoms. The Kier molecular flexibility index (Phi) is 8.47. The van der Waals surface area contributed by atoms with Crippen LogP contribution in [0.1, 0.15) is 65.2 Å². The molecule has 1 aliphatic heterocycles. The van der Waals surface area contributed by atoms with Crippen LogP contribution >= 0.6 is 11.3 Å². The Balaban J connectivity index is 1.37. The summed E-state index contributed by atoms with van der Waals surface area (Å²) in [6.45, 7) is 11.5. The second-order valence-corrected chi connectivity index (χ2v) is 16.0. The highest BCUT2D eigenvalue weighted by Gasteiger charge is 2.44. The van der Waals surface area contributed by atoms with Gasteiger partial charge in [-0.1, -0.05) is 39.0 Å². The normalized spacial score (nSPS) is 24.1. The maximum Gasteiger partial charge on any atom is 0.245 e. The summed E-state index contributed by atoms with van der Waals surface area (Å²) in [6, 6.07) is 11.0. The molecule has 0 spiro atoms. The molecule has 41 heavy (non-hydrogen) atoms. The summed E-state index contributed by atoms with van der Waals surface area (Å²) < 4.78 is 28.0. The Morgan fingerprint density at radius 2 is 1.85 bits per heavy atom. The number of amides is 1. The van der Waals surface area contributed by atoms with Crippen molar-refractivity contribution in [2.45, 2.75) is 94.8 Å². The van der Waals surface area contributed by atoms with Gasteiger partial charge in [0.25, 0.3) is 0 Å². The summed E-state index contributed by atoms with van der Waals surface area (Å²) in [6.07, 6.45) is 4.71. The number of aromatic nitrogens is 2. The van der Waals surface area contributed by atoms with Gasteiger partial charge in [0.15, 0.2) is 9.84 Å². The number of nitrogens with one attached hydrogen (secondary N) is 1. The van der Waals surface area contributed by atoms with Crippen LogP contribution < -0.4 is 5.32 Å². The first-order valence-electron chi connectivity index (χ1n) is 14.7. The monoisotopic (exact) mass is 597 g/mol. The van der Waals surface area contributed by atoms with Crippen LogP contribution in [0.5, 0.6) is 0 Å². The molecule has 1 N–H and O–H groups in total. The predicted molar refractivity (Wildman–Crippen MR) is 166 cm³/mol. The lowest BCUT2D eigenvalue weighted by atomic mass is 9.81. The number of hydrogen-bond acceptors (Lipinski definition) is 8. The standard InChI is InChI=1S/C31H43N5O3S2/c1-20(2)35(6)22-12-13-26(21(16-22)18-41(38,39)23-10-8-7-9-11-23)36-15-14-24(30(36)37)34-29-28-25(32-19-33-29)17-27(40-28)31(3,4)5/h7-11,17,19-22,24,26H,12-16,18H2,1-6H3,(H,32,33,34)/t21-,22-,24+,26+/m1/s1. The molecule has 2 fully saturated rings. The number of rotatable bonds is 8. The maximum atomic E-state index is 13.9. The van der Waals surface area contributed by atoms with Crippen molar-refractivity contribution < 1.29 is 13.2 Å². The first-order chi connectivity index (χ1) is 19.3. The number of benzene rings is 1. The summed E-state index contributed by atoms with van der Waals surface area (Å²) in [7, 11) is -1.37. The Labute approximate surface area is 248 Å². The van der Waals surface area contributed by atoms with E-state index in [-0.39, 0.29) is 29.0 Å². The van der Waals surface area contributed by atoms with Gasteiger partial charge in [-0.05, 0) is 76.1 Å². The van der Waals surface area contributed by atoms with Crippen LogP contribution in [0.15, 0.2) is 47.6 Å². The average molecular weight is 598 g/mol. The lowest BCUT2D eigenvalue weighted by molar-refractivity contribution is -0.132. The molecule has 1 saturated heterocycles. The fourth-order valence-corrected chi connectivity index (χ4v) is 9.07. The van der Waals surface area contributed by atoms with Gasteiger partial charge in [0.05, 0.1) is 20.9 Å². The van der Waals surface area contributed by atoms with Crippen LogP contribution in [0.3, 0.4) is 0 Å². The molecule has 2 aromatic heterocycles. The minimum Gasteiger partial charge on any atom is -0.357 e. The second-order valence-electron chi connectivity index (χ2n) is 13.0. The van der Waals surface area contributed by atoms with Gasteiger partial charge < -0.3 is 15.1 Å². The molecule has 0 radical (unpaired) electrons. The van der Waals surface area contributed by atoms with E-state index in [0.717, 1.165) is 29.5 Å². The van der Waals surface area contributed by atoms with E-state index in [9.17, 15) is 13.2 Å². The fourth-order valence-electron chi connectivity index (χ4n) is 6.27. The van der Waals surface area contributed by atoms with Crippen LogP contribution in [0.2, 0.25) is 0 Å². The van der Waals surface area contributed by atoms with Crippen molar-refractivity contribution in [3.8, 4) is 0 Å². The molecule has 4 atom stereocenters. The zero-order chi connectivity index (χ0) is 29.5. The zero-order valence-electron chi connectivity index (χ0n) is 25.0. The van der Waals surface area contributed by atoms with E-state index in [2.05, 4.69) is 67.9 Å². The van der Waals surface area contributed by atoms with Crippen LogP contribution in [-0.2, 0) is 20.0 Å². The second kappa shape index (κ2) is 11.6. The average Bonchev–Trinajstić information content (AvgIpc) is 3.53. The third-order valence-electron chi connectivity index (χ3n) is 8.84. The minimum absolute atomic E-state index is 0.000191. The molecule has 1 aromatic carbocycles. The van der Waals surface area contributed by atoms with Crippen LogP contribution in [-0.4, -0.2) is 77.6 Å². The van der Waals surface area contributed by atoms with E-state index in [1.807, 2.05) is 11.0 Å². The minimum atomic E-state index is -3.49. The van der Waals surface area contributed by atoms with Gasteiger partial charge in [-0.25, -0.2) is 18.4 Å². The summed E-state index contributed by atoms with van der Waals surface area (Å²) in [5, 5.41) is 3.44. The highest BCUT2D eigenvalue weighted by Crippen LogP contribution is 2.38. The highest BCUT2D eigenvalue weighted by atomic mass is 32.2. The van der Waals surface area contributed by atoms with Crippen molar-refractivity contribution in [1.29, 1.82) is 0 Å². The van der Waals surface area contributed by atoms with Gasteiger partial charge in [-0.2, -0.15) is 0 Å². The van der Waals surface area contributed by atoms with E-state index in [1.165, 1.54) is 4.88 Å². The van der Waals surface area contributed by atoms with E-state index >= 15 is 0 Å². The molecule has 0 bridgehead atoms. The third kappa shape index (κ3) is 6.29. The van der Waals surface area contributed by atoms with Crippen molar-refractivity contribution in [2.75, 3.05) is 24.7 Å². The molecule has 1 aliphatic carbocycles. The van der Waals surface area contributed by atoms with Crippen LogP contribution in [0.4, 0.5) is 5.82 Å². The fraction of sp³-hybridized carbons (Fsp3) is 0.581. The predicted octanol–water partition coefficient (Wildman–Crippen LogP) is 5.35. The number of sulfone groups is 1. The summed E-state index contributed by atoms with van der Waals surface area (Å²) in [5.74, 6) is 0.636. The molecule has 3 aromatic rings. The SMILES string of the molecule is CC(C)N(C)[C@@H]1CC[C@H](N2CC[C@H](Nc3ncnc4cc(C(C)(C)C)sc34)C2=O)[C@@H](CS(=O)(=O)c2ccccc2)C1. The first-order valence-corrected chi connectivity index (χ1v) is 17.1. The van der Waals surface area contributed by atoms with Crippen LogP contribution in [0.25, 0.3) is 10.2 Å². The van der Waals surface area contributed by atoms with Gasteiger partial charge in [-0.15, -0.1) is 11.3 Å². The van der Waals surface area contributed by atoms with Crippen LogP contribution in [0, 0.1) is 5.92 Å². The summed E-state index contributed by atoms with van der Waals surface area (Å²) >= 11 is 1.67. The van der Waals surface area contributed by atoms with Crippen molar-refractivity contribution in [1.82, 2.24) is 19.8 Å². The lowest BCUT2D eigenvalue weighted by Gasteiger charge is -2.44. The largest absolute Gasteiger partial charge is 0.357 e. The summed E-state index contributed by atoms with van der Waals surface area (Å²) in [5.41, 5.74) is 0.888. The Bertz CT molecular complexity index is 1480. The van der Waals surface area contributed by atoms with E-state index < -0.39 is 15.9 Å². The van der Waals surface area contributed by atoms with Gasteiger partial charge >= 0.3 is 0 Å². The molecule has 222 valence electrons. The summed E-state index contributed by atoms with van der Waals surface area (Å²) in [4.78, 5) is 28.7. The number of anilines is 1. The van der Waals surface area contributed by atoms with E-state index in [1.54, 1.807) is 41.9 Å². The van der Waals surface area contributed by atoms with Crippen molar-refractivity contribution >= 4 is 43.1 Å². The molecular formula is C31H43N5O3S2. The molecule has 8 nitrogen and oxygen atoms in total. The molecule has 3 heterocycles. The molecule has 2 aliphatic rings. The van der Waals surface area contributed by atoms with Gasteiger partial charge in [0.1, 0.15) is 18.2 Å². The third-order valence-corrected chi connectivity index (χ3v) is 12.3. The van der Waals surface area contributed by atoms with Crippen molar-refractivity contribution in [3.63, 3.8) is 0 Å². The molecule has 1 saturated carbocycles. The quantitative estimate of drug-likeness (QED) is 0.374. The van der Waals surface area contributed by atoms with Crippen molar-refractivity contribution in [3.05, 3.63) is 47.6 Å². The van der Waals surface area contributed by atoms with Crippen molar-refractivity contribution in [2.24, 2.45) is 5.92 Å². The molecule has 1 amide bonds. The number of fused-ring (bicyclic) bond motifs is 1. The van der Waals surface area contributed by atoms with Gasteiger partial charge in [0, 0.05) is 29.5 Å². The Hall–Kier alpha value is -2.56. The Morgan fingerprint density at radius 1 is 1.12 bits per heavy atom. The molecule has 5 rings (SSSR count). The van der Waals surface area contributed by atoms with E-state index in [0.29, 0.717) is 35.8 Å². The first kappa shape index (κ1) is 29.9. The highest BCUT2D eigenvalue weighted by molar-refractivity contribution is 7.91.